The van der Waals surface area contributed by atoms with E-state index in [4.69, 9.17) is 20.9 Å². The molecular weight excluding hydrogens is 200 g/mol. The molecule has 0 bridgehead atoms. The van der Waals surface area contributed by atoms with E-state index in [-0.39, 0.29) is 24.3 Å². The van der Waals surface area contributed by atoms with Gasteiger partial charge >= 0.3 is 0 Å². The number of nitrogens with two attached hydrogens (primary N) is 2. The predicted molar refractivity (Wildman–Crippen MR) is 57.1 cm³/mol. The van der Waals surface area contributed by atoms with Crippen molar-refractivity contribution in [2.24, 2.45) is 11.5 Å². The molecule has 2 heterocycles. The summed E-state index contributed by atoms with van der Waals surface area (Å²) in [5, 5.41) is 0. The zero-order chi connectivity index (χ0) is 10.3. The molecule has 4 N–H and O–H groups in total. The number of rotatable bonds is 0. The summed E-state index contributed by atoms with van der Waals surface area (Å²) in [6, 6.07) is 0.0562. The summed E-state index contributed by atoms with van der Waals surface area (Å²) in [4.78, 5) is 0. The molecule has 2 rings (SSSR count). The molecule has 0 saturated carbocycles. The number of fused-ring (bicyclic) bond motifs is 1. The van der Waals surface area contributed by atoms with Crippen LogP contribution in [-0.4, -0.2) is 41.6 Å². The maximum absolute atomic E-state index is 6.02. The minimum atomic E-state index is -0.535. The van der Waals surface area contributed by atoms with Crippen molar-refractivity contribution in [1.29, 1.82) is 0 Å². The highest BCUT2D eigenvalue weighted by molar-refractivity contribution is 7.99. The van der Waals surface area contributed by atoms with Crippen LogP contribution in [0.2, 0.25) is 0 Å². The van der Waals surface area contributed by atoms with Crippen molar-refractivity contribution < 1.29 is 9.47 Å². The van der Waals surface area contributed by atoms with Crippen LogP contribution in [0.4, 0.5) is 0 Å². The molecule has 2 aliphatic heterocycles. The largest absolute Gasteiger partial charge is 0.343 e. The van der Waals surface area contributed by atoms with Crippen molar-refractivity contribution in [3.63, 3.8) is 0 Å². The number of thioether (sulfide) groups is 1. The lowest BCUT2D eigenvalue weighted by Crippen LogP contribution is -2.48. The average molecular weight is 218 g/mol. The molecule has 82 valence electrons. The van der Waals surface area contributed by atoms with Crippen molar-refractivity contribution in [2.75, 3.05) is 11.5 Å². The van der Waals surface area contributed by atoms with Gasteiger partial charge in [-0.25, -0.2) is 0 Å². The van der Waals surface area contributed by atoms with E-state index >= 15 is 0 Å². The maximum atomic E-state index is 6.02. The van der Waals surface area contributed by atoms with E-state index < -0.39 is 5.79 Å². The van der Waals surface area contributed by atoms with Crippen LogP contribution in [0.5, 0.6) is 0 Å². The molecule has 0 spiro atoms. The van der Waals surface area contributed by atoms with Crippen molar-refractivity contribution in [1.82, 2.24) is 0 Å². The van der Waals surface area contributed by atoms with E-state index in [2.05, 4.69) is 0 Å². The number of ether oxygens (including phenoxy) is 2. The lowest BCUT2D eigenvalue weighted by atomic mass is 10.0. The van der Waals surface area contributed by atoms with E-state index in [9.17, 15) is 0 Å². The van der Waals surface area contributed by atoms with E-state index in [0.717, 1.165) is 11.5 Å². The third-order valence-corrected chi connectivity index (χ3v) is 3.87. The Bertz CT molecular complexity index is 205. The van der Waals surface area contributed by atoms with Gasteiger partial charge in [-0.1, -0.05) is 0 Å². The molecule has 4 nitrogen and oxygen atoms in total. The minimum Gasteiger partial charge on any atom is -0.343 e. The third-order valence-electron chi connectivity index (χ3n) is 2.63. The van der Waals surface area contributed by atoms with Gasteiger partial charge < -0.3 is 20.9 Å². The Kier molecular flexibility index (Phi) is 2.79. The first-order valence-corrected chi connectivity index (χ1v) is 6.09. The van der Waals surface area contributed by atoms with Gasteiger partial charge in [0.05, 0.1) is 0 Å². The average Bonchev–Trinajstić information content (AvgIpc) is 2.35. The van der Waals surface area contributed by atoms with Gasteiger partial charge in [0.25, 0.3) is 0 Å². The smallest absolute Gasteiger partial charge is 0.163 e. The first kappa shape index (κ1) is 10.7. The van der Waals surface area contributed by atoms with Crippen LogP contribution in [0.3, 0.4) is 0 Å². The van der Waals surface area contributed by atoms with Gasteiger partial charge in [-0.05, 0) is 13.8 Å². The summed E-state index contributed by atoms with van der Waals surface area (Å²) in [6.45, 7) is 3.82. The van der Waals surface area contributed by atoms with Crippen LogP contribution in [-0.2, 0) is 9.47 Å². The molecule has 0 amide bonds. The lowest BCUT2D eigenvalue weighted by molar-refractivity contribution is -0.148. The third kappa shape index (κ3) is 1.92. The molecule has 0 unspecified atom stereocenters. The molecule has 5 heteroatoms. The molecule has 0 radical (unpaired) electrons. The van der Waals surface area contributed by atoms with Gasteiger partial charge in [-0.3, -0.25) is 0 Å². The first-order valence-electron chi connectivity index (χ1n) is 4.94. The van der Waals surface area contributed by atoms with Gasteiger partial charge in [0.15, 0.2) is 5.79 Å². The summed E-state index contributed by atoms with van der Waals surface area (Å²) in [5.74, 6) is 1.26. The van der Waals surface area contributed by atoms with Crippen LogP contribution in [0, 0.1) is 0 Å². The topological polar surface area (TPSA) is 70.5 Å². The molecule has 14 heavy (non-hydrogen) atoms. The van der Waals surface area contributed by atoms with Crippen LogP contribution in [0.15, 0.2) is 0 Å². The minimum absolute atomic E-state index is 0.0281. The molecule has 0 aromatic rings. The van der Waals surface area contributed by atoms with Crippen molar-refractivity contribution >= 4 is 11.8 Å². The Morgan fingerprint density at radius 2 is 1.50 bits per heavy atom. The fourth-order valence-electron chi connectivity index (χ4n) is 2.01. The fraction of sp³-hybridized carbons (Fsp3) is 1.00. The summed E-state index contributed by atoms with van der Waals surface area (Å²) in [6.07, 6.45) is -0.0926. The summed E-state index contributed by atoms with van der Waals surface area (Å²) < 4.78 is 11.5. The molecule has 2 aliphatic rings. The monoisotopic (exact) mass is 218 g/mol. The van der Waals surface area contributed by atoms with E-state index in [1.807, 2.05) is 13.8 Å². The molecule has 2 saturated heterocycles. The second-order valence-electron chi connectivity index (χ2n) is 4.43. The zero-order valence-electron chi connectivity index (χ0n) is 8.60. The van der Waals surface area contributed by atoms with Gasteiger partial charge in [0.1, 0.15) is 12.2 Å². The highest BCUT2D eigenvalue weighted by atomic mass is 32.2. The Labute approximate surface area is 88.7 Å². The number of hydrogen-bond acceptors (Lipinski definition) is 5. The molecule has 4 atom stereocenters. The van der Waals surface area contributed by atoms with Crippen LogP contribution in [0.1, 0.15) is 13.8 Å². The number of hydrogen-bond donors (Lipinski definition) is 2. The SMILES string of the molecule is CC1(C)O[C@H]2[C@H](O1)[C@@H](N)CSC[C@H]2N. The van der Waals surface area contributed by atoms with Crippen molar-refractivity contribution in [3.05, 3.63) is 0 Å². The second kappa shape index (κ2) is 3.64. The molecule has 0 aromatic heterocycles. The molecule has 2 fully saturated rings. The van der Waals surface area contributed by atoms with Gasteiger partial charge in [0.2, 0.25) is 0 Å². The zero-order valence-corrected chi connectivity index (χ0v) is 9.42. The van der Waals surface area contributed by atoms with Crippen molar-refractivity contribution in [2.45, 2.75) is 43.9 Å². The van der Waals surface area contributed by atoms with Crippen LogP contribution in [0.25, 0.3) is 0 Å². The Morgan fingerprint density at radius 1 is 1.07 bits per heavy atom. The second-order valence-corrected chi connectivity index (χ2v) is 5.50. The van der Waals surface area contributed by atoms with E-state index in [0.29, 0.717) is 0 Å². The molecule has 0 aromatic carbocycles. The maximum Gasteiger partial charge on any atom is 0.163 e. The van der Waals surface area contributed by atoms with Gasteiger partial charge in [0, 0.05) is 23.6 Å². The van der Waals surface area contributed by atoms with E-state index in [1.165, 1.54) is 0 Å². The van der Waals surface area contributed by atoms with Crippen molar-refractivity contribution in [3.8, 4) is 0 Å². The summed E-state index contributed by atoms with van der Waals surface area (Å²) in [7, 11) is 0. The Hall–Kier alpha value is 0.190. The lowest BCUT2D eigenvalue weighted by Gasteiger charge is -2.21. The first-order chi connectivity index (χ1) is 6.49. The molecular formula is C9H18N2O2S. The normalized spacial score (nSPS) is 47.1. The highest BCUT2D eigenvalue weighted by Crippen LogP contribution is 2.34. The quantitative estimate of drug-likeness (QED) is 0.594. The fourth-order valence-corrected chi connectivity index (χ4v) is 3.07. The Balaban J connectivity index is 2.16. The van der Waals surface area contributed by atoms with Crippen LogP contribution >= 0.6 is 11.8 Å². The van der Waals surface area contributed by atoms with Gasteiger partial charge in [-0.2, -0.15) is 11.8 Å². The predicted octanol–water partition coefficient (Wildman–Crippen LogP) is -0.0921. The Morgan fingerprint density at radius 3 is 1.93 bits per heavy atom. The highest BCUT2D eigenvalue weighted by Gasteiger charge is 2.47. The van der Waals surface area contributed by atoms with Gasteiger partial charge in [-0.15, -0.1) is 0 Å². The van der Waals surface area contributed by atoms with Crippen LogP contribution < -0.4 is 11.5 Å². The van der Waals surface area contributed by atoms with E-state index in [1.54, 1.807) is 11.8 Å². The molecule has 0 aliphatic carbocycles. The standard InChI is InChI=1S/C9H18N2O2S/c1-9(2)12-7-5(10)3-14-4-6(11)8(7)13-9/h5-8H,3-4,10-11H2,1-2H3/t5-,6+,7-,8-/m1/s1. The summed E-state index contributed by atoms with van der Waals surface area (Å²) >= 11 is 1.78. The summed E-state index contributed by atoms with van der Waals surface area (Å²) in [5.41, 5.74) is 12.0.